The largest absolute Gasteiger partial charge is 0.467 e. The number of amides is 1. The molecule has 2 aromatic heterocycles. The Labute approximate surface area is 110 Å². The molecule has 0 radical (unpaired) electrons. The van der Waals surface area contributed by atoms with Crippen molar-refractivity contribution in [1.82, 2.24) is 10.3 Å². The van der Waals surface area contributed by atoms with Crippen molar-refractivity contribution in [3.05, 3.63) is 66.4 Å². The zero-order valence-electron chi connectivity index (χ0n) is 10.2. The van der Waals surface area contributed by atoms with Crippen LogP contribution in [-0.4, -0.2) is 10.9 Å². The van der Waals surface area contributed by atoms with E-state index in [2.05, 4.69) is 10.3 Å². The summed E-state index contributed by atoms with van der Waals surface area (Å²) in [6.07, 6.45) is 3.22. The van der Waals surface area contributed by atoms with E-state index in [1.54, 1.807) is 18.5 Å². The highest BCUT2D eigenvalue weighted by Crippen LogP contribution is 2.16. The Balaban J connectivity index is 1.85. The number of furan rings is 1. The fourth-order valence-corrected chi connectivity index (χ4v) is 1.96. The predicted molar refractivity (Wildman–Crippen MR) is 71.6 cm³/mol. The molecule has 0 fully saturated rings. The van der Waals surface area contributed by atoms with Gasteiger partial charge in [-0.15, -0.1) is 0 Å². The van der Waals surface area contributed by atoms with Gasteiger partial charge in [-0.05, 0) is 23.6 Å². The SMILES string of the molecule is O=C(NCc1ccco1)c1nccc2ccccc12. The Morgan fingerprint density at radius 2 is 2.05 bits per heavy atom. The van der Waals surface area contributed by atoms with Gasteiger partial charge in [0.1, 0.15) is 11.5 Å². The van der Waals surface area contributed by atoms with E-state index in [0.29, 0.717) is 18.0 Å². The molecular formula is C15H12N2O2. The van der Waals surface area contributed by atoms with Gasteiger partial charge >= 0.3 is 0 Å². The van der Waals surface area contributed by atoms with Crippen LogP contribution in [0.1, 0.15) is 16.2 Å². The number of fused-ring (bicyclic) bond motifs is 1. The first-order valence-electron chi connectivity index (χ1n) is 5.99. The first-order valence-corrected chi connectivity index (χ1v) is 5.99. The maximum absolute atomic E-state index is 12.1. The van der Waals surface area contributed by atoms with Gasteiger partial charge in [-0.3, -0.25) is 9.78 Å². The molecule has 1 N–H and O–H groups in total. The van der Waals surface area contributed by atoms with E-state index >= 15 is 0 Å². The molecular weight excluding hydrogens is 240 g/mol. The summed E-state index contributed by atoms with van der Waals surface area (Å²) in [6.45, 7) is 0.358. The minimum atomic E-state index is -0.201. The third-order valence-corrected chi connectivity index (χ3v) is 2.89. The van der Waals surface area contributed by atoms with Crippen molar-refractivity contribution in [3.63, 3.8) is 0 Å². The Kier molecular flexibility index (Phi) is 2.98. The van der Waals surface area contributed by atoms with Crippen LogP contribution in [0.25, 0.3) is 10.8 Å². The summed E-state index contributed by atoms with van der Waals surface area (Å²) in [5.74, 6) is 0.516. The highest BCUT2D eigenvalue weighted by molar-refractivity contribution is 6.05. The number of nitrogens with one attached hydrogen (secondary N) is 1. The molecule has 4 nitrogen and oxygen atoms in total. The molecule has 0 atom stereocenters. The van der Waals surface area contributed by atoms with Gasteiger partial charge in [-0.2, -0.15) is 0 Å². The van der Waals surface area contributed by atoms with Crippen molar-refractivity contribution >= 4 is 16.7 Å². The second kappa shape index (κ2) is 4.94. The van der Waals surface area contributed by atoms with Crippen molar-refractivity contribution in [2.75, 3.05) is 0 Å². The number of pyridine rings is 1. The summed E-state index contributed by atoms with van der Waals surface area (Å²) in [4.78, 5) is 16.3. The van der Waals surface area contributed by atoms with Crippen molar-refractivity contribution in [3.8, 4) is 0 Å². The van der Waals surface area contributed by atoms with Crippen LogP contribution in [0.5, 0.6) is 0 Å². The molecule has 4 heteroatoms. The molecule has 94 valence electrons. The molecule has 0 saturated carbocycles. The normalized spacial score (nSPS) is 10.5. The number of rotatable bonds is 3. The van der Waals surface area contributed by atoms with Gasteiger partial charge in [-0.1, -0.05) is 24.3 Å². The fraction of sp³-hybridized carbons (Fsp3) is 0.0667. The van der Waals surface area contributed by atoms with Gasteiger partial charge in [0.05, 0.1) is 12.8 Å². The van der Waals surface area contributed by atoms with Gasteiger partial charge in [0, 0.05) is 11.6 Å². The quantitative estimate of drug-likeness (QED) is 0.779. The first-order chi connectivity index (χ1) is 9.34. The zero-order valence-corrected chi connectivity index (χ0v) is 10.2. The number of benzene rings is 1. The Morgan fingerprint density at radius 3 is 2.89 bits per heavy atom. The average Bonchev–Trinajstić information content (AvgIpc) is 2.97. The molecule has 3 rings (SSSR count). The fourth-order valence-electron chi connectivity index (χ4n) is 1.96. The summed E-state index contributed by atoms with van der Waals surface area (Å²) in [5.41, 5.74) is 0.435. The van der Waals surface area contributed by atoms with Crippen LogP contribution in [0.4, 0.5) is 0 Å². The summed E-state index contributed by atoms with van der Waals surface area (Å²) < 4.78 is 5.17. The van der Waals surface area contributed by atoms with E-state index < -0.39 is 0 Å². The van der Waals surface area contributed by atoms with Crippen LogP contribution in [0.3, 0.4) is 0 Å². The van der Waals surface area contributed by atoms with Gasteiger partial charge in [0.2, 0.25) is 0 Å². The molecule has 1 amide bonds. The minimum Gasteiger partial charge on any atom is -0.467 e. The van der Waals surface area contributed by atoms with Crippen LogP contribution in [0, 0.1) is 0 Å². The topological polar surface area (TPSA) is 55.1 Å². The molecule has 0 aliphatic rings. The van der Waals surface area contributed by atoms with E-state index in [0.717, 1.165) is 10.8 Å². The van der Waals surface area contributed by atoms with Gasteiger partial charge in [0.15, 0.2) is 0 Å². The van der Waals surface area contributed by atoms with Crippen molar-refractivity contribution in [1.29, 1.82) is 0 Å². The van der Waals surface area contributed by atoms with Crippen molar-refractivity contribution in [2.45, 2.75) is 6.54 Å². The molecule has 0 saturated heterocycles. The summed E-state index contributed by atoms with van der Waals surface area (Å²) in [6, 6.07) is 13.2. The summed E-state index contributed by atoms with van der Waals surface area (Å²) in [7, 11) is 0. The molecule has 0 spiro atoms. The molecule has 19 heavy (non-hydrogen) atoms. The Hall–Kier alpha value is -2.62. The van der Waals surface area contributed by atoms with Crippen LogP contribution < -0.4 is 5.32 Å². The molecule has 2 heterocycles. The van der Waals surface area contributed by atoms with E-state index in [9.17, 15) is 4.79 Å². The zero-order chi connectivity index (χ0) is 13.1. The van der Waals surface area contributed by atoms with Crippen LogP contribution in [-0.2, 0) is 6.54 Å². The lowest BCUT2D eigenvalue weighted by molar-refractivity contribution is 0.0945. The molecule has 0 unspecified atom stereocenters. The third-order valence-electron chi connectivity index (χ3n) is 2.89. The summed E-state index contributed by atoms with van der Waals surface area (Å²) in [5, 5.41) is 4.65. The van der Waals surface area contributed by atoms with Crippen molar-refractivity contribution < 1.29 is 9.21 Å². The molecule has 0 aliphatic heterocycles. The lowest BCUT2D eigenvalue weighted by Gasteiger charge is -2.05. The number of aromatic nitrogens is 1. The number of hydrogen-bond donors (Lipinski definition) is 1. The van der Waals surface area contributed by atoms with Gasteiger partial charge < -0.3 is 9.73 Å². The molecule has 3 aromatic rings. The van der Waals surface area contributed by atoms with Crippen LogP contribution in [0.2, 0.25) is 0 Å². The van der Waals surface area contributed by atoms with Crippen molar-refractivity contribution in [2.24, 2.45) is 0 Å². The Bertz CT molecular complexity index is 700. The molecule has 0 bridgehead atoms. The highest BCUT2D eigenvalue weighted by atomic mass is 16.3. The van der Waals surface area contributed by atoms with Gasteiger partial charge in [0.25, 0.3) is 5.91 Å². The van der Waals surface area contributed by atoms with Gasteiger partial charge in [-0.25, -0.2) is 0 Å². The second-order valence-electron chi connectivity index (χ2n) is 4.14. The van der Waals surface area contributed by atoms with Crippen LogP contribution >= 0.6 is 0 Å². The predicted octanol–water partition coefficient (Wildman–Crippen LogP) is 2.76. The lowest BCUT2D eigenvalue weighted by atomic mass is 10.1. The first kappa shape index (κ1) is 11.5. The standard InChI is InChI=1S/C15H12N2O2/c18-15(17-10-12-5-3-9-19-12)14-13-6-2-1-4-11(13)7-8-16-14/h1-9H,10H2,(H,17,18). The van der Waals surface area contributed by atoms with E-state index in [4.69, 9.17) is 4.42 Å². The molecule has 1 aromatic carbocycles. The molecule has 0 aliphatic carbocycles. The number of carbonyl (C=O) groups is 1. The number of hydrogen-bond acceptors (Lipinski definition) is 3. The summed E-state index contributed by atoms with van der Waals surface area (Å²) >= 11 is 0. The smallest absolute Gasteiger partial charge is 0.270 e. The Morgan fingerprint density at radius 1 is 1.16 bits per heavy atom. The van der Waals surface area contributed by atoms with Crippen LogP contribution in [0.15, 0.2) is 59.3 Å². The van der Waals surface area contributed by atoms with E-state index in [1.165, 1.54) is 0 Å². The lowest BCUT2D eigenvalue weighted by Crippen LogP contribution is -2.23. The third kappa shape index (κ3) is 2.33. The number of carbonyl (C=O) groups excluding carboxylic acids is 1. The van der Waals surface area contributed by atoms with E-state index in [-0.39, 0.29) is 5.91 Å². The minimum absolute atomic E-state index is 0.201. The monoisotopic (exact) mass is 252 g/mol. The maximum Gasteiger partial charge on any atom is 0.270 e. The van der Waals surface area contributed by atoms with E-state index in [1.807, 2.05) is 36.4 Å². The highest BCUT2D eigenvalue weighted by Gasteiger charge is 2.11. The average molecular weight is 252 g/mol. The second-order valence-corrected chi connectivity index (χ2v) is 4.14. The number of nitrogens with zero attached hydrogens (tertiary/aromatic N) is 1. The maximum atomic E-state index is 12.1.